The van der Waals surface area contributed by atoms with Crippen molar-refractivity contribution in [2.45, 2.75) is 12.6 Å². The van der Waals surface area contributed by atoms with Gasteiger partial charge in [-0.25, -0.2) is 4.79 Å². The lowest BCUT2D eigenvalue weighted by atomic mass is 10.1. The Hall–Kier alpha value is -2.60. The highest BCUT2D eigenvalue weighted by molar-refractivity contribution is 5.87. The third-order valence-electron chi connectivity index (χ3n) is 2.99. The minimum absolute atomic E-state index is 0.0715. The van der Waals surface area contributed by atoms with Crippen LogP contribution >= 0.6 is 0 Å². The van der Waals surface area contributed by atoms with Crippen LogP contribution in [0.3, 0.4) is 0 Å². The average Bonchev–Trinajstić information content (AvgIpc) is 2.96. The Morgan fingerprint density at radius 3 is 2.62 bits per heavy atom. The molecule has 0 saturated heterocycles. The Kier molecular flexibility index (Phi) is 4.73. The topological polar surface area (TPSA) is 88.8 Å². The molecule has 0 bridgehead atoms. The summed E-state index contributed by atoms with van der Waals surface area (Å²) in [6, 6.07) is 9.53. The molecule has 21 heavy (non-hydrogen) atoms. The van der Waals surface area contributed by atoms with E-state index in [1.807, 2.05) is 6.07 Å². The summed E-state index contributed by atoms with van der Waals surface area (Å²) >= 11 is 0. The second-order valence-electron chi connectivity index (χ2n) is 4.33. The molecule has 2 rings (SSSR count). The Bertz CT molecular complexity index is 620. The molecular formula is C15H15NO5. The van der Waals surface area contributed by atoms with E-state index in [2.05, 4.69) is 10.1 Å². The summed E-state index contributed by atoms with van der Waals surface area (Å²) in [6.45, 7) is 0.173. The highest BCUT2D eigenvalue weighted by atomic mass is 16.5. The number of ether oxygens (including phenoxy) is 1. The lowest BCUT2D eigenvalue weighted by Gasteiger charge is -2.14. The van der Waals surface area contributed by atoms with Crippen LogP contribution in [0.5, 0.6) is 0 Å². The summed E-state index contributed by atoms with van der Waals surface area (Å²) in [5, 5.41) is 12.2. The van der Waals surface area contributed by atoms with Crippen LogP contribution in [0.25, 0.3) is 0 Å². The van der Waals surface area contributed by atoms with E-state index >= 15 is 0 Å². The molecule has 0 radical (unpaired) electrons. The predicted molar refractivity (Wildman–Crippen MR) is 73.7 cm³/mol. The van der Waals surface area contributed by atoms with Gasteiger partial charge in [0.25, 0.3) is 0 Å². The van der Waals surface area contributed by atoms with Gasteiger partial charge < -0.3 is 14.3 Å². The zero-order valence-corrected chi connectivity index (χ0v) is 11.4. The van der Waals surface area contributed by atoms with Gasteiger partial charge in [-0.15, -0.1) is 0 Å². The number of benzene rings is 1. The summed E-state index contributed by atoms with van der Waals surface area (Å²) in [4.78, 5) is 22.8. The first kappa shape index (κ1) is 14.8. The zero-order chi connectivity index (χ0) is 15.2. The SMILES string of the molecule is COC(=O)c1occc1CNC(C(=O)O)c1ccccc1. The maximum Gasteiger partial charge on any atom is 0.374 e. The van der Waals surface area contributed by atoms with Gasteiger partial charge in [0.2, 0.25) is 5.76 Å². The number of carbonyl (C=O) groups excluding carboxylic acids is 1. The summed E-state index contributed by atoms with van der Waals surface area (Å²) in [6.07, 6.45) is 1.36. The lowest BCUT2D eigenvalue weighted by molar-refractivity contribution is -0.139. The molecule has 1 aromatic carbocycles. The van der Waals surface area contributed by atoms with Crippen molar-refractivity contribution in [3.63, 3.8) is 0 Å². The average molecular weight is 289 g/mol. The Morgan fingerprint density at radius 1 is 1.29 bits per heavy atom. The molecule has 0 amide bonds. The maximum absolute atomic E-state index is 11.5. The summed E-state index contributed by atoms with van der Waals surface area (Å²) in [5.41, 5.74) is 1.18. The third kappa shape index (κ3) is 3.49. The van der Waals surface area contributed by atoms with Crippen LogP contribution < -0.4 is 5.32 Å². The van der Waals surface area contributed by atoms with Crippen molar-refractivity contribution in [1.82, 2.24) is 5.32 Å². The van der Waals surface area contributed by atoms with Crippen LogP contribution in [-0.2, 0) is 16.1 Å². The first-order valence-corrected chi connectivity index (χ1v) is 6.29. The first-order valence-electron chi connectivity index (χ1n) is 6.29. The van der Waals surface area contributed by atoms with Gasteiger partial charge in [0, 0.05) is 12.1 Å². The van der Waals surface area contributed by atoms with Crippen LogP contribution in [0.4, 0.5) is 0 Å². The molecule has 110 valence electrons. The van der Waals surface area contributed by atoms with E-state index in [1.165, 1.54) is 13.4 Å². The van der Waals surface area contributed by atoms with Crippen molar-refractivity contribution in [2.75, 3.05) is 7.11 Å². The minimum atomic E-state index is -0.996. The molecule has 0 saturated carbocycles. The smallest absolute Gasteiger partial charge is 0.374 e. The lowest BCUT2D eigenvalue weighted by Crippen LogP contribution is -2.28. The van der Waals surface area contributed by atoms with E-state index in [-0.39, 0.29) is 12.3 Å². The minimum Gasteiger partial charge on any atom is -0.480 e. The number of aliphatic carboxylic acids is 1. The summed E-state index contributed by atoms with van der Waals surface area (Å²) in [5.74, 6) is -1.52. The van der Waals surface area contributed by atoms with Gasteiger partial charge in [-0.2, -0.15) is 0 Å². The van der Waals surface area contributed by atoms with E-state index < -0.39 is 18.0 Å². The number of carboxylic acids is 1. The van der Waals surface area contributed by atoms with Crippen LogP contribution in [0.15, 0.2) is 47.1 Å². The van der Waals surface area contributed by atoms with Crippen LogP contribution in [0.1, 0.15) is 27.7 Å². The largest absolute Gasteiger partial charge is 0.480 e. The van der Waals surface area contributed by atoms with Gasteiger partial charge in [0.15, 0.2) is 0 Å². The van der Waals surface area contributed by atoms with Crippen LogP contribution in [0.2, 0.25) is 0 Å². The fraction of sp³-hybridized carbons (Fsp3) is 0.200. The molecular weight excluding hydrogens is 274 g/mol. The zero-order valence-electron chi connectivity index (χ0n) is 11.4. The molecule has 2 N–H and O–H groups in total. The number of rotatable bonds is 6. The van der Waals surface area contributed by atoms with E-state index in [1.54, 1.807) is 30.3 Å². The monoisotopic (exact) mass is 289 g/mol. The van der Waals surface area contributed by atoms with Gasteiger partial charge in [-0.05, 0) is 11.6 Å². The van der Waals surface area contributed by atoms with Crippen molar-refractivity contribution in [2.24, 2.45) is 0 Å². The van der Waals surface area contributed by atoms with Gasteiger partial charge in [0.1, 0.15) is 6.04 Å². The molecule has 0 aliphatic heterocycles. The first-order chi connectivity index (χ1) is 10.1. The quantitative estimate of drug-likeness (QED) is 0.790. The van der Waals surface area contributed by atoms with Gasteiger partial charge in [-0.1, -0.05) is 30.3 Å². The van der Waals surface area contributed by atoms with Gasteiger partial charge in [0.05, 0.1) is 13.4 Å². The molecule has 2 aromatic rings. The van der Waals surface area contributed by atoms with Gasteiger partial charge in [-0.3, -0.25) is 10.1 Å². The number of hydrogen-bond acceptors (Lipinski definition) is 5. The molecule has 0 spiro atoms. The molecule has 0 aliphatic rings. The van der Waals surface area contributed by atoms with E-state index in [4.69, 9.17) is 4.42 Å². The van der Waals surface area contributed by atoms with Crippen molar-refractivity contribution >= 4 is 11.9 Å². The normalized spacial score (nSPS) is 11.9. The second kappa shape index (κ2) is 6.71. The number of carboxylic acid groups (broad SMARTS) is 1. The Morgan fingerprint density at radius 2 is 2.00 bits per heavy atom. The highest BCUT2D eigenvalue weighted by Crippen LogP contribution is 2.16. The van der Waals surface area contributed by atoms with E-state index in [9.17, 15) is 14.7 Å². The van der Waals surface area contributed by atoms with Crippen molar-refractivity contribution in [1.29, 1.82) is 0 Å². The Labute approximate surface area is 121 Å². The van der Waals surface area contributed by atoms with E-state index in [0.29, 0.717) is 11.1 Å². The number of esters is 1. The third-order valence-corrected chi connectivity index (χ3v) is 2.99. The number of furan rings is 1. The molecule has 0 fully saturated rings. The van der Waals surface area contributed by atoms with E-state index in [0.717, 1.165) is 0 Å². The highest BCUT2D eigenvalue weighted by Gasteiger charge is 2.21. The maximum atomic E-state index is 11.5. The van der Waals surface area contributed by atoms with Crippen LogP contribution in [-0.4, -0.2) is 24.2 Å². The number of carbonyl (C=O) groups is 2. The molecule has 1 unspecified atom stereocenters. The molecule has 6 nitrogen and oxygen atoms in total. The Balaban J connectivity index is 2.12. The van der Waals surface area contributed by atoms with Crippen LogP contribution in [0, 0.1) is 0 Å². The van der Waals surface area contributed by atoms with Gasteiger partial charge >= 0.3 is 11.9 Å². The standard InChI is InChI=1S/C15H15NO5/c1-20-15(19)13-11(7-8-21-13)9-16-12(14(17)18)10-5-3-2-4-6-10/h2-8,12,16H,9H2,1H3,(H,17,18). The molecule has 1 heterocycles. The molecule has 1 aromatic heterocycles. The number of nitrogens with one attached hydrogen (secondary N) is 1. The number of methoxy groups -OCH3 is 1. The fourth-order valence-corrected chi connectivity index (χ4v) is 1.95. The van der Waals surface area contributed by atoms with Crippen molar-refractivity contribution in [3.05, 3.63) is 59.5 Å². The predicted octanol–water partition coefficient (Wildman–Crippen LogP) is 1.98. The molecule has 0 aliphatic carbocycles. The molecule has 1 atom stereocenters. The summed E-state index contributed by atoms with van der Waals surface area (Å²) < 4.78 is 9.65. The van der Waals surface area contributed by atoms with Crippen molar-refractivity contribution in [3.8, 4) is 0 Å². The fourth-order valence-electron chi connectivity index (χ4n) is 1.95. The second-order valence-corrected chi connectivity index (χ2v) is 4.33. The molecule has 6 heteroatoms. The van der Waals surface area contributed by atoms with Crippen molar-refractivity contribution < 1.29 is 23.8 Å². The number of hydrogen-bond donors (Lipinski definition) is 2. The summed E-state index contributed by atoms with van der Waals surface area (Å²) in [7, 11) is 1.26.